The Morgan fingerprint density at radius 1 is 0.500 bits per heavy atom. The Morgan fingerprint density at radius 3 is 1.23 bits per heavy atom. The molecule has 0 bridgehead atoms. The molecule has 40 heavy (non-hydrogen) atoms. The van der Waals surface area contributed by atoms with Gasteiger partial charge in [0.2, 0.25) is 11.8 Å². The number of aromatic nitrogens is 2. The molecule has 0 saturated heterocycles. The zero-order valence-electron chi connectivity index (χ0n) is 23.9. The first-order valence-corrected chi connectivity index (χ1v) is 13.7. The van der Waals surface area contributed by atoms with Crippen molar-refractivity contribution in [3.05, 3.63) is 107 Å². The Kier molecular flexibility index (Phi) is 6.22. The lowest BCUT2D eigenvalue weighted by molar-refractivity contribution is 0.584. The highest BCUT2D eigenvalue weighted by atomic mass is 16.4. The molecule has 4 nitrogen and oxygen atoms in total. The number of hydrogen-bond donors (Lipinski definition) is 0. The molecule has 0 atom stereocenters. The summed E-state index contributed by atoms with van der Waals surface area (Å²) in [5, 5.41) is 0. The van der Waals surface area contributed by atoms with Gasteiger partial charge < -0.3 is 8.83 Å². The van der Waals surface area contributed by atoms with Crippen LogP contribution >= 0.6 is 0 Å². The summed E-state index contributed by atoms with van der Waals surface area (Å²) in [6.45, 7) is 13.2. The van der Waals surface area contributed by atoms with E-state index in [0.29, 0.717) is 11.8 Å². The predicted molar refractivity (Wildman–Crippen MR) is 165 cm³/mol. The Balaban J connectivity index is 1.16. The molecule has 0 fully saturated rings. The Morgan fingerprint density at radius 2 is 0.875 bits per heavy atom. The van der Waals surface area contributed by atoms with E-state index in [9.17, 15) is 0 Å². The van der Waals surface area contributed by atoms with Gasteiger partial charge in [-0.3, -0.25) is 0 Å². The highest BCUT2D eigenvalue weighted by molar-refractivity contribution is 5.79. The summed E-state index contributed by atoms with van der Waals surface area (Å²) in [4.78, 5) is 9.39. The van der Waals surface area contributed by atoms with Crippen molar-refractivity contribution in [1.82, 2.24) is 9.97 Å². The summed E-state index contributed by atoms with van der Waals surface area (Å²) in [6, 6.07) is 29.1. The van der Waals surface area contributed by atoms with E-state index in [-0.39, 0.29) is 10.8 Å². The topological polar surface area (TPSA) is 52.1 Å². The van der Waals surface area contributed by atoms with Crippen molar-refractivity contribution in [3.63, 3.8) is 0 Å². The van der Waals surface area contributed by atoms with E-state index in [1.807, 2.05) is 12.1 Å². The molecule has 6 rings (SSSR count). The van der Waals surface area contributed by atoms with Crippen LogP contribution in [0.4, 0.5) is 0 Å². The van der Waals surface area contributed by atoms with Crippen LogP contribution in [0.2, 0.25) is 0 Å². The van der Waals surface area contributed by atoms with Gasteiger partial charge in [0, 0.05) is 11.1 Å². The van der Waals surface area contributed by atoms with Crippen molar-refractivity contribution < 1.29 is 8.83 Å². The normalized spacial score (nSPS) is 12.7. The van der Waals surface area contributed by atoms with Gasteiger partial charge in [0.05, 0.1) is 0 Å². The third-order valence-electron chi connectivity index (χ3n) is 7.29. The number of fused-ring (bicyclic) bond motifs is 2. The maximum Gasteiger partial charge on any atom is 0.227 e. The fourth-order valence-electron chi connectivity index (χ4n) is 4.70. The zero-order valence-corrected chi connectivity index (χ0v) is 23.9. The molecule has 0 aliphatic rings. The minimum Gasteiger partial charge on any atom is -0.436 e. The van der Waals surface area contributed by atoms with Gasteiger partial charge in [-0.25, -0.2) is 9.97 Å². The van der Waals surface area contributed by atoms with Gasteiger partial charge in [0.1, 0.15) is 11.0 Å². The molecule has 0 N–H and O–H groups in total. The molecule has 0 radical (unpaired) electrons. The molecule has 0 spiro atoms. The molecule has 6 aromatic rings. The molecular formula is C36H34N2O2. The smallest absolute Gasteiger partial charge is 0.227 e. The molecular weight excluding hydrogens is 492 g/mol. The molecule has 0 aliphatic heterocycles. The van der Waals surface area contributed by atoms with Crippen LogP contribution in [-0.2, 0) is 10.8 Å². The second-order valence-electron chi connectivity index (χ2n) is 12.5. The maximum atomic E-state index is 6.10. The summed E-state index contributed by atoms with van der Waals surface area (Å²) in [6.07, 6.45) is 4.21. The van der Waals surface area contributed by atoms with Gasteiger partial charge in [-0.05, 0) is 81.6 Å². The van der Waals surface area contributed by atoms with E-state index < -0.39 is 0 Å². The number of hydrogen-bond acceptors (Lipinski definition) is 4. The lowest BCUT2D eigenvalue weighted by Gasteiger charge is -2.18. The van der Waals surface area contributed by atoms with Crippen molar-refractivity contribution in [2.75, 3.05) is 0 Å². The van der Waals surface area contributed by atoms with Gasteiger partial charge in [-0.1, -0.05) is 90.1 Å². The van der Waals surface area contributed by atoms with Crippen LogP contribution in [0, 0.1) is 0 Å². The first-order valence-electron chi connectivity index (χ1n) is 13.7. The monoisotopic (exact) mass is 526 g/mol. The molecule has 200 valence electrons. The SMILES string of the molecule is CC(C)(C)c1ccc2nc(-c3ccc(/C=C/c4ccc(-c5nc6ccc(C(C)(C)C)cc6o5)cc4)cc3)oc2c1. The number of benzene rings is 4. The molecule has 0 aliphatic carbocycles. The van der Waals surface area contributed by atoms with E-state index >= 15 is 0 Å². The molecule has 2 heterocycles. The van der Waals surface area contributed by atoms with Crippen LogP contribution in [0.15, 0.2) is 93.8 Å². The van der Waals surface area contributed by atoms with Crippen molar-refractivity contribution >= 4 is 34.4 Å². The Bertz CT molecular complexity index is 1700. The summed E-state index contributed by atoms with van der Waals surface area (Å²) in [7, 11) is 0. The van der Waals surface area contributed by atoms with Crippen LogP contribution in [0.5, 0.6) is 0 Å². The first kappa shape index (κ1) is 25.8. The van der Waals surface area contributed by atoms with Crippen LogP contribution < -0.4 is 0 Å². The Hall–Kier alpha value is -4.44. The van der Waals surface area contributed by atoms with Crippen molar-refractivity contribution in [2.45, 2.75) is 52.4 Å². The third kappa shape index (κ3) is 5.22. The second kappa shape index (κ2) is 9.63. The van der Waals surface area contributed by atoms with E-state index in [1.165, 1.54) is 11.1 Å². The largest absolute Gasteiger partial charge is 0.436 e. The average Bonchev–Trinajstić information content (AvgIpc) is 3.55. The predicted octanol–water partition coefficient (Wildman–Crippen LogP) is 10.1. The second-order valence-corrected chi connectivity index (χ2v) is 12.5. The fourth-order valence-corrected chi connectivity index (χ4v) is 4.70. The van der Waals surface area contributed by atoms with Crippen LogP contribution in [0.25, 0.3) is 57.3 Å². The lowest BCUT2D eigenvalue weighted by Crippen LogP contribution is -2.10. The summed E-state index contributed by atoms with van der Waals surface area (Å²) in [5.41, 5.74) is 10.1. The van der Waals surface area contributed by atoms with Gasteiger partial charge in [-0.2, -0.15) is 0 Å². The van der Waals surface area contributed by atoms with Crippen LogP contribution in [0.1, 0.15) is 63.8 Å². The average molecular weight is 527 g/mol. The molecule has 0 saturated carbocycles. The molecule has 4 heteroatoms. The maximum absolute atomic E-state index is 6.10. The van der Waals surface area contributed by atoms with Gasteiger partial charge >= 0.3 is 0 Å². The highest BCUT2D eigenvalue weighted by Crippen LogP contribution is 2.31. The lowest BCUT2D eigenvalue weighted by atomic mass is 9.87. The molecule has 4 aromatic carbocycles. The minimum absolute atomic E-state index is 0.0657. The molecule has 0 unspecified atom stereocenters. The quantitative estimate of drug-likeness (QED) is 0.214. The number of nitrogens with zero attached hydrogens (tertiary/aromatic N) is 2. The summed E-state index contributed by atoms with van der Waals surface area (Å²) >= 11 is 0. The third-order valence-corrected chi connectivity index (χ3v) is 7.29. The van der Waals surface area contributed by atoms with Crippen LogP contribution in [0.3, 0.4) is 0 Å². The van der Waals surface area contributed by atoms with E-state index in [4.69, 9.17) is 18.8 Å². The highest BCUT2D eigenvalue weighted by Gasteiger charge is 2.17. The van der Waals surface area contributed by atoms with Crippen molar-refractivity contribution in [2.24, 2.45) is 0 Å². The van der Waals surface area contributed by atoms with Crippen molar-refractivity contribution in [1.29, 1.82) is 0 Å². The van der Waals surface area contributed by atoms with Gasteiger partial charge in [-0.15, -0.1) is 0 Å². The van der Waals surface area contributed by atoms with Crippen LogP contribution in [-0.4, -0.2) is 9.97 Å². The summed E-state index contributed by atoms with van der Waals surface area (Å²) < 4.78 is 12.2. The first-order chi connectivity index (χ1) is 19.0. The zero-order chi connectivity index (χ0) is 28.1. The fraction of sp³-hybridized carbons (Fsp3) is 0.222. The van der Waals surface area contributed by atoms with Crippen molar-refractivity contribution in [3.8, 4) is 22.9 Å². The molecule has 2 aromatic heterocycles. The van der Waals surface area contributed by atoms with E-state index in [2.05, 4.69) is 126 Å². The number of rotatable bonds is 4. The standard InChI is InChI=1S/C36H34N2O2/c1-35(2,3)27-17-19-29-31(21-27)39-33(37-29)25-13-9-23(10-14-25)7-8-24-11-15-26(16-12-24)34-38-30-20-18-28(36(4,5)6)22-32(30)40-34/h7-22H,1-6H3/b8-7+. The summed E-state index contributed by atoms with van der Waals surface area (Å²) in [5.74, 6) is 1.28. The minimum atomic E-state index is 0.0657. The van der Waals surface area contributed by atoms with E-state index in [0.717, 1.165) is 44.5 Å². The Labute approximate surface area is 235 Å². The van der Waals surface area contributed by atoms with Gasteiger partial charge in [0.15, 0.2) is 11.2 Å². The van der Waals surface area contributed by atoms with E-state index in [1.54, 1.807) is 0 Å². The number of oxazole rings is 2. The molecule has 0 amide bonds. The van der Waals surface area contributed by atoms with Gasteiger partial charge in [0.25, 0.3) is 0 Å².